The number of hydrogen-bond donors (Lipinski definition) is 4. The zero-order valence-electron chi connectivity index (χ0n) is 25.7. The molecule has 0 spiro atoms. The number of fused-ring (bicyclic) bond motifs is 1. The zero-order chi connectivity index (χ0) is 32.0. The van der Waals surface area contributed by atoms with E-state index in [0.29, 0.717) is 37.3 Å². The van der Waals surface area contributed by atoms with E-state index in [-0.39, 0.29) is 23.3 Å². The van der Waals surface area contributed by atoms with Crippen LogP contribution in [0, 0.1) is 0 Å². The van der Waals surface area contributed by atoms with Gasteiger partial charge in [-0.25, -0.2) is 13.4 Å². The molecule has 1 saturated heterocycles. The average Bonchev–Trinajstić information content (AvgIpc) is 3.31. The van der Waals surface area contributed by atoms with E-state index in [0.717, 1.165) is 22.2 Å². The number of rotatable bonds is 12. The molecule has 1 aliphatic heterocycles. The van der Waals surface area contributed by atoms with Crippen LogP contribution in [-0.2, 0) is 14.8 Å². The minimum atomic E-state index is -4.01. The Morgan fingerprint density at radius 2 is 1.96 bits per heavy atom. The highest BCUT2D eigenvalue weighted by Gasteiger charge is 2.40. The van der Waals surface area contributed by atoms with E-state index in [9.17, 15) is 18.3 Å². The molecular weight excluding hydrogens is 592 g/mol. The zero-order valence-corrected chi connectivity index (χ0v) is 26.5. The third-order valence-corrected chi connectivity index (χ3v) is 9.64. The number of pyridine rings is 1. The molecule has 3 unspecified atom stereocenters. The molecule has 10 nitrogen and oxygen atoms in total. The third-order valence-electron chi connectivity index (χ3n) is 7.97. The fourth-order valence-electron chi connectivity index (χ4n) is 5.55. The highest BCUT2D eigenvalue weighted by Crippen LogP contribution is 2.33. The van der Waals surface area contributed by atoms with Gasteiger partial charge in [0.1, 0.15) is 23.3 Å². The van der Waals surface area contributed by atoms with Crippen molar-refractivity contribution >= 4 is 26.8 Å². The number of benzene rings is 2. The van der Waals surface area contributed by atoms with Crippen molar-refractivity contribution in [2.24, 2.45) is 0 Å². The molecule has 2 aromatic carbocycles. The number of carbonyl (C=O) groups excluding carboxylic acids is 1. The normalized spacial score (nSPS) is 20.2. The molecule has 45 heavy (non-hydrogen) atoms. The van der Waals surface area contributed by atoms with Crippen molar-refractivity contribution in [3.05, 3.63) is 89.9 Å². The second kappa shape index (κ2) is 13.9. The van der Waals surface area contributed by atoms with Crippen LogP contribution in [0.4, 0.5) is 0 Å². The molecule has 238 valence electrons. The summed E-state index contributed by atoms with van der Waals surface area (Å²) >= 11 is 0. The van der Waals surface area contributed by atoms with Gasteiger partial charge in [0, 0.05) is 42.5 Å². The highest BCUT2D eigenvalue weighted by atomic mass is 32.2. The van der Waals surface area contributed by atoms with Gasteiger partial charge in [-0.1, -0.05) is 68.0 Å². The molecule has 0 bridgehead atoms. The standard InChI is InChI=1S/C34H40N4O6S/c1-4-12-32(34(2,40)38-45(41,42)26-15-10-5-6-11-16-26)37-33(39)30-20-25(22-35-30)44-31-21-28(23-13-8-7-9-14-23)36-29-19-24(43-3)17-18-27(29)31/h5-11,13-15,17-19,21,25,30,32,35,38,40H,4,12,16,20,22H2,1-3H3,(H,37,39)/t25?,30?,32-,34?/m0/s1. The SMILES string of the molecule is CCC[C@H](NC(=O)C1CC(Oc2cc(-c3ccccc3)nc3cc(OC)ccc23)CN1)C(C)(O)NS(=O)(=O)C1=CC=CC=CC1. The van der Waals surface area contributed by atoms with Gasteiger partial charge in [-0.2, -0.15) is 4.72 Å². The first-order valence-electron chi connectivity index (χ1n) is 15.1. The summed E-state index contributed by atoms with van der Waals surface area (Å²) in [5.41, 5.74) is 0.501. The van der Waals surface area contributed by atoms with Crippen molar-refractivity contribution in [3.63, 3.8) is 0 Å². The average molecular weight is 633 g/mol. The number of nitrogens with zero attached hydrogens (tertiary/aromatic N) is 1. The maximum absolute atomic E-state index is 13.4. The van der Waals surface area contributed by atoms with Crippen LogP contribution in [0.1, 0.15) is 39.5 Å². The molecule has 1 fully saturated rings. The van der Waals surface area contributed by atoms with E-state index < -0.39 is 27.8 Å². The van der Waals surface area contributed by atoms with E-state index >= 15 is 0 Å². The Kier molecular flexibility index (Phi) is 10.0. The number of carbonyl (C=O) groups is 1. The lowest BCUT2D eigenvalue weighted by Crippen LogP contribution is -2.62. The van der Waals surface area contributed by atoms with Crippen LogP contribution in [0.15, 0.2) is 89.9 Å². The topological polar surface area (TPSA) is 139 Å². The van der Waals surface area contributed by atoms with Crippen molar-refractivity contribution in [3.8, 4) is 22.8 Å². The van der Waals surface area contributed by atoms with Crippen molar-refractivity contribution < 1.29 is 27.8 Å². The largest absolute Gasteiger partial charge is 0.497 e. The quantitative estimate of drug-likeness (QED) is 0.217. The minimum absolute atomic E-state index is 0.129. The lowest BCUT2D eigenvalue weighted by molar-refractivity contribution is -0.126. The van der Waals surface area contributed by atoms with Gasteiger partial charge < -0.3 is 25.2 Å². The lowest BCUT2D eigenvalue weighted by atomic mass is 10.0. The van der Waals surface area contributed by atoms with Gasteiger partial charge in [0.05, 0.1) is 35.3 Å². The Morgan fingerprint density at radius 1 is 1.16 bits per heavy atom. The number of sulfonamides is 1. The molecule has 2 aliphatic rings. The van der Waals surface area contributed by atoms with E-state index in [1.54, 1.807) is 31.4 Å². The van der Waals surface area contributed by atoms with Gasteiger partial charge in [0.25, 0.3) is 0 Å². The smallest absolute Gasteiger partial charge is 0.239 e. The first-order chi connectivity index (χ1) is 21.6. The molecule has 2 heterocycles. The van der Waals surface area contributed by atoms with Gasteiger partial charge >= 0.3 is 0 Å². The number of allylic oxidation sites excluding steroid dienone is 6. The number of aliphatic hydroxyl groups is 1. The number of methoxy groups -OCH3 is 1. The van der Waals surface area contributed by atoms with Crippen LogP contribution in [0.25, 0.3) is 22.2 Å². The first kappa shape index (κ1) is 32.4. The molecule has 4 atom stereocenters. The Bertz CT molecular complexity index is 1720. The van der Waals surface area contributed by atoms with E-state index in [4.69, 9.17) is 14.5 Å². The second-order valence-electron chi connectivity index (χ2n) is 11.4. The summed E-state index contributed by atoms with van der Waals surface area (Å²) in [5, 5.41) is 18.3. The van der Waals surface area contributed by atoms with Crippen molar-refractivity contribution in [1.29, 1.82) is 0 Å². The molecule has 0 radical (unpaired) electrons. The monoisotopic (exact) mass is 632 g/mol. The molecular formula is C34H40N4O6S. The van der Waals surface area contributed by atoms with Crippen LogP contribution in [0.3, 0.4) is 0 Å². The Balaban J connectivity index is 1.29. The van der Waals surface area contributed by atoms with Crippen LogP contribution in [-0.4, -0.2) is 62.0 Å². The van der Waals surface area contributed by atoms with Gasteiger partial charge in [-0.3, -0.25) is 4.79 Å². The highest BCUT2D eigenvalue weighted by molar-refractivity contribution is 7.93. The van der Waals surface area contributed by atoms with Crippen LogP contribution in [0.5, 0.6) is 11.5 Å². The van der Waals surface area contributed by atoms with E-state index in [2.05, 4.69) is 15.4 Å². The van der Waals surface area contributed by atoms with E-state index in [1.807, 2.05) is 61.5 Å². The van der Waals surface area contributed by atoms with Crippen molar-refractivity contribution in [2.75, 3.05) is 13.7 Å². The summed E-state index contributed by atoms with van der Waals surface area (Å²) in [6.45, 7) is 3.70. The maximum atomic E-state index is 13.4. The molecule has 1 amide bonds. The number of ether oxygens (including phenoxy) is 2. The summed E-state index contributed by atoms with van der Waals surface area (Å²) in [7, 11) is -2.40. The maximum Gasteiger partial charge on any atom is 0.239 e. The minimum Gasteiger partial charge on any atom is -0.497 e. The molecule has 1 aromatic heterocycles. The number of aromatic nitrogens is 1. The lowest BCUT2D eigenvalue weighted by Gasteiger charge is -2.34. The summed E-state index contributed by atoms with van der Waals surface area (Å²) in [6, 6.07) is 15.9. The molecule has 0 saturated carbocycles. The summed E-state index contributed by atoms with van der Waals surface area (Å²) in [6.07, 6.45) is 9.61. The van der Waals surface area contributed by atoms with Crippen molar-refractivity contribution in [1.82, 2.24) is 20.3 Å². The molecule has 3 aromatic rings. The molecule has 1 aliphatic carbocycles. The van der Waals surface area contributed by atoms with Crippen molar-refractivity contribution in [2.45, 2.75) is 63.4 Å². The second-order valence-corrected chi connectivity index (χ2v) is 13.2. The number of hydrogen-bond acceptors (Lipinski definition) is 8. The predicted octanol–water partition coefficient (Wildman–Crippen LogP) is 4.33. The summed E-state index contributed by atoms with van der Waals surface area (Å²) in [5.74, 6) is 0.991. The summed E-state index contributed by atoms with van der Waals surface area (Å²) in [4.78, 5) is 18.4. The Hall–Kier alpha value is -4.03. The molecule has 11 heteroatoms. The third kappa shape index (κ3) is 7.80. The predicted molar refractivity (Wildman–Crippen MR) is 175 cm³/mol. The fourth-order valence-corrected chi connectivity index (χ4v) is 6.94. The van der Waals surface area contributed by atoms with Crippen LogP contribution in [0.2, 0.25) is 0 Å². The van der Waals surface area contributed by atoms with E-state index in [1.165, 1.54) is 13.0 Å². The van der Waals surface area contributed by atoms with Gasteiger partial charge in [-0.05, 0) is 31.6 Å². The summed E-state index contributed by atoms with van der Waals surface area (Å²) < 4.78 is 40.5. The Morgan fingerprint density at radius 3 is 2.71 bits per heavy atom. The Labute approximate surface area is 264 Å². The molecule has 5 rings (SSSR count). The molecule has 4 N–H and O–H groups in total. The van der Waals surface area contributed by atoms with Gasteiger partial charge in [0.2, 0.25) is 15.9 Å². The fraction of sp³-hybridized carbons (Fsp3) is 0.353. The first-order valence-corrected chi connectivity index (χ1v) is 16.6. The van der Waals surface area contributed by atoms with Crippen LogP contribution < -0.4 is 24.8 Å². The van der Waals surface area contributed by atoms with Gasteiger partial charge in [-0.15, -0.1) is 0 Å². The van der Waals surface area contributed by atoms with Crippen LogP contribution >= 0.6 is 0 Å². The number of nitrogens with one attached hydrogen (secondary N) is 3. The number of amides is 1. The van der Waals surface area contributed by atoms with Gasteiger partial charge in [0.15, 0.2) is 0 Å².